The molecule has 0 saturated heterocycles. The molecule has 0 spiro atoms. The van der Waals surface area contributed by atoms with E-state index in [1.54, 1.807) is 18.0 Å². The maximum Gasteiger partial charge on any atom is 0.319 e. The van der Waals surface area contributed by atoms with Crippen LogP contribution in [-0.2, 0) is 11.2 Å². The minimum absolute atomic E-state index is 0.111. The lowest BCUT2D eigenvalue weighted by Crippen LogP contribution is -2.31. The molecular weight excluding hydrogens is 242 g/mol. The zero-order valence-electron chi connectivity index (χ0n) is 10.7. The largest absolute Gasteiger partial charge is 0.327 e. The second kappa shape index (κ2) is 5.44. The van der Waals surface area contributed by atoms with Crippen molar-refractivity contribution in [3.8, 4) is 12.3 Å². The van der Waals surface area contributed by atoms with Crippen LogP contribution in [0.3, 0.4) is 0 Å². The van der Waals surface area contributed by atoms with Gasteiger partial charge in [-0.05, 0) is 30.2 Å². The molecular formula is C14H15N3O2. The van der Waals surface area contributed by atoms with Crippen LogP contribution in [-0.4, -0.2) is 25.5 Å². The first-order valence-corrected chi connectivity index (χ1v) is 5.99. The molecule has 0 saturated carbocycles. The highest BCUT2D eigenvalue weighted by Gasteiger charge is 2.20. The summed E-state index contributed by atoms with van der Waals surface area (Å²) in [6, 6.07) is 5.15. The molecule has 2 rings (SSSR count). The van der Waals surface area contributed by atoms with Crippen molar-refractivity contribution in [2.45, 2.75) is 12.8 Å². The fraction of sp³-hybridized carbons (Fsp3) is 0.286. The smallest absolute Gasteiger partial charge is 0.319 e. The summed E-state index contributed by atoms with van der Waals surface area (Å²) in [5, 5.41) is 5.23. The number of carbonyl (C=O) groups is 2. The molecule has 98 valence electrons. The molecule has 0 aromatic heterocycles. The Balaban J connectivity index is 2.12. The second-order valence-corrected chi connectivity index (χ2v) is 4.31. The van der Waals surface area contributed by atoms with E-state index in [4.69, 9.17) is 6.42 Å². The Hall–Kier alpha value is -2.48. The summed E-state index contributed by atoms with van der Waals surface area (Å²) in [6.07, 6.45) is 6.25. The topological polar surface area (TPSA) is 61.4 Å². The van der Waals surface area contributed by atoms with E-state index >= 15 is 0 Å². The monoisotopic (exact) mass is 257 g/mol. The average molecular weight is 257 g/mol. The summed E-state index contributed by atoms with van der Waals surface area (Å²) in [5.74, 6) is 2.44. The van der Waals surface area contributed by atoms with E-state index in [2.05, 4.69) is 16.6 Å². The Morgan fingerprint density at radius 2 is 2.26 bits per heavy atom. The quantitative estimate of drug-likeness (QED) is 0.786. The van der Waals surface area contributed by atoms with Gasteiger partial charge in [-0.2, -0.15) is 0 Å². The van der Waals surface area contributed by atoms with Crippen LogP contribution in [0.15, 0.2) is 18.2 Å². The summed E-state index contributed by atoms with van der Waals surface area (Å²) < 4.78 is 0. The number of hydrogen-bond donors (Lipinski definition) is 2. The minimum Gasteiger partial charge on any atom is -0.327 e. The number of hydrogen-bond acceptors (Lipinski definition) is 2. The maximum absolute atomic E-state index is 11.6. The average Bonchev–Trinajstić information content (AvgIpc) is 2.41. The normalized spacial score (nSPS) is 13.5. The van der Waals surface area contributed by atoms with Crippen LogP contribution in [0.5, 0.6) is 0 Å². The van der Waals surface area contributed by atoms with E-state index in [1.807, 2.05) is 12.1 Å². The molecule has 1 aromatic carbocycles. The van der Waals surface area contributed by atoms with Gasteiger partial charge in [-0.1, -0.05) is 5.92 Å². The molecule has 0 fully saturated rings. The van der Waals surface area contributed by atoms with E-state index < -0.39 is 0 Å². The second-order valence-electron chi connectivity index (χ2n) is 4.31. The fourth-order valence-corrected chi connectivity index (χ4v) is 2.04. The highest BCUT2D eigenvalue weighted by atomic mass is 16.2. The van der Waals surface area contributed by atoms with Crippen molar-refractivity contribution < 1.29 is 9.59 Å². The van der Waals surface area contributed by atoms with Gasteiger partial charge in [0, 0.05) is 24.8 Å². The Morgan fingerprint density at radius 3 is 3.00 bits per heavy atom. The number of anilines is 2. The molecule has 1 aliphatic heterocycles. The lowest BCUT2D eigenvalue weighted by Gasteiger charge is -2.26. The van der Waals surface area contributed by atoms with Crippen LogP contribution in [0.2, 0.25) is 0 Å². The summed E-state index contributed by atoms with van der Waals surface area (Å²) >= 11 is 0. The molecule has 5 nitrogen and oxygen atoms in total. The number of carbonyl (C=O) groups excluding carboxylic acids is 2. The molecule has 3 amide bonds. The van der Waals surface area contributed by atoms with Gasteiger partial charge >= 0.3 is 6.03 Å². The van der Waals surface area contributed by atoms with Crippen molar-refractivity contribution in [2.75, 3.05) is 23.8 Å². The summed E-state index contributed by atoms with van der Waals surface area (Å²) in [7, 11) is 1.76. The number of rotatable bonds is 2. The van der Waals surface area contributed by atoms with Crippen LogP contribution in [0, 0.1) is 12.3 Å². The van der Waals surface area contributed by atoms with Crippen molar-refractivity contribution in [3.63, 3.8) is 0 Å². The number of terminal acetylenes is 1. The van der Waals surface area contributed by atoms with Crippen molar-refractivity contribution in [1.82, 2.24) is 5.32 Å². The minimum atomic E-state index is -0.335. The number of urea groups is 1. The van der Waals surface area contributed by atoms with Crippen molar-refractivity contribution in [2.24, 2.45) is 0 Å². The van der Waals surface area contributed by atoms with Crippen LogP contribution in [0.25, 0.3) is 0 Å². The third kappa shape index (κ3) is 2.86. The van der Waals surface area contributed by atoms with E-state index in [0.717, 1.165) is 11.3 Å². The molecule has 0 unspecified atom stereocenters. The standard InChI is InChI=1S/C14H15N3O2/c1-3-8-15-14(19)16-11-5-6-12-10(9-11)4-7-13(18)17(12)2/h1,5-6,9H,4,7-8H2,2H3,(H2,15,16,19). The number of nitrogens with zero attached hydrogens (tertiary/aromatic N) is 1. The summed E-state index contributed by atoms with van der Waals surface area (Å²) in [6.45, 7) is 0.189. The lowest BCUT2D eigenvalue weighted by molar-refractivity contribution is -0.118. The molecule has 0 radical (unpaired) electrons. The number of nitrogens with one attached hydrogen (secondary N) is 2. The number of fused-ring (bicyclic) bond motifs is 1. The van der Waals surface area contributed by atoms with E-state index in [0.29, 0.717) is 18.5 Å². The molecule has 1 aliphatic rings. The van der Waals surface area contributed by atoms with E-state index in [9.17, 15) is 9.59 Å². The first-order chi connectivity index (χ1) is 9.11. The Morgan fingerprint density at radius 1 is 1.47 bits per heavy atom. The molecule has 5 heteroatoms. The van der Waals surface area contributed by atoms with Crippen molar-refractivity contribution >= 4 is 23.3 Å². The lowest BCUT2D eigenvalue weighted by atomic mass is 10.0. The molecule has 19 heavy (non-hydrogen) atoms. The van der Waals surface area contributed by atoms with Gasteiger partial charge in [0.2, 0.25) is 5.91 Å². The van der Waals surface area contributed by atoms with Crippen LogP contribution >= 0.6 is 0 Å². The number of aryl methyl sites for hydroxylation is 1. The van der Waals surface area contributed by atoms with Gasteiger partial charge in [-0.15, -0.1) is 6.42 Å². The fourth-order valence-electron chi connectivity index (χ4n) is 2.04. The van der Waals surface area contributed by atoms with Gasteiger partial charge in [0.25, 0.3) is 0 Å². The van der Waals surface area contributed by atoms with E-state index in [1.165, 1.54) is 0 Å². The highest BCUT2D eigenvalue weighted by Crippen LogP contribution is 2.29. The van der Waals surface area contributed by atoms with Gasteiger partial charge in [-0.3, -0.25) is 4.79 Å². The van der Waals surface area contributed by atoms with E-state index in [-0.39, 0.29) is 18.5 Å². The first kappa shape index (κ1) is 13.0. The molecule has 1 aromatic rings. The predicted octanol–water partition coefficient (Wildman–Crippen LogP) is 1.35. The zero-order chi connectivity index (χ0) is 13.8. The molecule has 2 N–H and O–H groups in total. The third-order valence-electron chi connectivity index (χ3n) is 3.03. The number of benzene rings is 1. The Labute approximate surface area is 112 Å². The Bertz CT molecular complexity index is 560. The highest BCUT2D eigenvalue weighted by molar-refractivity contribution is 5.97. The van der Waals surface area contributed by atoms with Crippen LogP contribution < -0.4 is 15.5 Å². The predicted molar refractivity (Wildman–Crippen MR) is 74.0 cm³/mol. The van der Waals surface area contributed by atoms with Gasteiger partial charge < -0.3 is 15.5 Å². The summed E-state index contributed by atoms with van der Waals surface area (Å²) in [4.78, 5) is 24.7. The molecule has 0 aliphatic carbocycles. The molecule has 0 bridgehead atoms. The van der Waals surface area contributed by atoms with Gasteiger partial charge in [-0.25, -0.2) is 4.79 Å². The van der Waals surface area contributed by atoms with Crippen LogP contribution in [0.4, 0.5) is 16.2 Å². The van der Waals surface area contributed by atoms with Gasteiger partial charge in [0.1, 0.15) is 0 Å². The summed E-state index contributed by atoms with van der Waals surface area (Å²) in [5.41, 5.74) is 2.64. The first-order valence-electron chi connectivity index (χ1n) is 5.99. The van der Waals surface area contributed by atoms with Gasteiger partial charge in [0.15, 0.2) is 0 Å². The van der Waals surface area contributed by atoms with Crippen molar-refractivity contribution in [1.29, 1.82) is 0 Å². The third-order valence-corrected chi connectivity index (χ3v) is 3.03. The zero-order valence-corrected chi connectivity index (χ0v) is 10.7. The number of amides is 3. The van der Waals surface area contributed by atoms with Crippen molar-refractivity contribution in [3.05, 3.63) is 23.8 Å². The SMILES string of the molecule is C#CCNC(=O)Nc1ccc2c(c1)CCC(=O)N2C. The van der Waals surface area contributed by atoms with Crippen LogP contribution in [0.1, 0.15) is 12.0 Å². The van der Waals surface area contributed by atoms with Gasteiger partial charge in [0.05, 0.1) is 6.54 Å². The Kier molecular flexibility index (Phi) is 3.71. The molecule has 0 atom stereocenters. The molecule has 1 heterocycles. The maximum atomic E-state index is 11.6.